The molecule has 0 saturated heterocycles. The third-order valence-corrected chi connectivity index (χ3v) is 23.3. The standard InChI is InChI=1S/C104H170F2N2O6/c1-7-13-19-25-31-37-43-49-55-61-75-109-99-81-91(82-100(110-76-62-56-50-44-38-32-26-20-14-8-2)103(99)113-79-65-59-53-47-41-35-29-23-17-11-5)69-67-89-71-73-97(107-87-89)93-85-94(96(106)86-95(93)105)98-74-72-90(88-108-98)68-70-92-83-101(111-77-63-57-51-45-39-33-27-21-15-9-3)104(114-80-66-60-54-48-42-36-30-24-18-12-6)102(84-92)112-78-64-58-52-46-40-34-28-22-16-10-4/h71-74,81-88H,7-70,75-80H2,1-6H3. The lowest BCUT2D eigenvalue weighted by Crippen LogP contribution is -2.07. The van der Waals surface area contributed by atoms with E-state index in [1.54, 1.807) is 6.07 Å². The Hall–Kier alpha value is -5.38. The molecule has 10 heteroatoms. The van der Waals surface area contributed by atoms with Crippen LogP contribution in [0.2, 0.25) is 0 Å². The predicted molar refractivity (Wildman–Crippen MR) is 485 cm³/mol. The Bertz CT molecular complexity index is 2750. The smallest absolute Gasteiger partial charge is 0.203 e. The van der Waals surface area contributed by atoms with Crippen LogP contribution in [0.15, 0.2) is 73.1 Å². The topological polar surface area (TPSA) is 81.2 Å². The summed E-state index contributed by atoms with van der Waals surface area (Å²) in [6.07, 6.45) is 82.8. The van der Waals surface area contributed by atoms with Crippen LogP contribution in [0.1, 0.15) is 449 Å². The fraction of sp³-hybridized carbons (Fsp3) is 0.731. The number of hydrogen-bond donors (Lipinski definition) is 0. The summed E-state index contributed by atoms with van der Waals surface area (Å²) >= 11 is 0. The number of aryl methyl sites for hydroxylation is 4. The van der Waals surface area contributed by atoms with E-state index < -0.39 is 11.6 Å². The first-order valence-corrected chi connectivity index (χ1v) is 48.8. The van der Waals surface area contributed by atoms with E-state index in [0.29, 0.717) is 63.9 Å². The minimum absolute atomic E-state index is 0.235. The Morgan fingerprint density at radius 3 is 0.605 bits per heavy atom. The number of pyridine rings is 2. The molecule has 0 aliphatic rings. The van der Waals surface area contributed by atoms with E-state index in [-0.39, 0.29) is 11.1 Å². The summed E-state index contributed by atoms with van der Waals surface area (Å²) < 4.78 is 72.7. The lowest BCUT2D eigenvalue weighted by atomic mass is 10.0. The lowest BCUT2D eigenvalue weighted by molar-refractivity contribution is 0.234. The fourth-order valence-corrected chi connectivity index (χ4v) is 15.9. The molecule has 0 radical (unpaired) electrons. The molecule has 0 atom stereocenters. The molecule has 0 saturated carbocycles. The largest absolute Gasteiger partial charge is 0.490 e. The summed E-state index contributed by atoms with van der Waals surface area (Å²) in [5.41, 5.74) is 5.63. The molecule has 3 aromatic carbocycles. The molecule has 0 bridgehead atoms. The summed E-state index contributed by atoms with van der Waals surface area (Å²) in [6.45, 7) is 17.5. The number of ether oxygens (including phenoxy) is 6. The average Bonchev–Trinajstić information content (AvgIpc) is 0.541. The van der Waals surface area contributed by atoms with Gasteiger partial charge in [-0.3, -0.25) is 9.97 Å². The third-order valence-electron chi connectivity index (χ3n) is 23.3. The lowest BCUT2D eigenvalue weighted by Gasteiger charge is -2.19. The molecule has 0 N–H and O–H groups in total. The molecule has 2 heterocycles. The van der Waals surface area contributed by atoms with Crippen LogP contribution in [0.25, 0.3) is 22.5 Å². The third kappa shape index (κ3) is 47.3. The first-order chi connectivity index (χ1) is 56.3. The van der Waals surface area contributed by atoms with Crippen LogP contribution < -0.4 is 28.4 Å². The van der Waals surface area contributed by atoms with Crippen LogP contribution in [-0.2, 0) is 25.7 Å². The minimum atomic E-state index is -0.659. The molecule has 8 nitrogen and oxygen atoms in total. The van der Waals surface area contributed by atoms with E-state index in [0.717, 1.165) is 153 Å². The number of halogens is 2. The number of rotatable bonds is 80. The normalized spacial score (nSPS) is 11.5. The van der Waals surface area contributed by atoms with Gasteiger partial charge in [-0.05, 0) is 129 Å². The molecular weight excluding hydrogens is 1410 g/mol. The number of aromatic nitrogens is 2. The Labute approximate surface area is 699 Å². The number of nitrogens with zero attached hydrogens (tertiary/aromatic N) is 2. The van der Waals surface area contributed by atoms with Crippen molar-refractivity contribution < 1.29 is 37.2 Å². The first-order valence-electron chi connectivity index (χ1n) is 48.8. The second-order valence-electron chi connectivity index (χ2n) is 33.9. The molecule has 5 rings (SSSR count). The van der Waals surface area contributed by atoms with Crippen molar-refractivity contribution in [2.45, 2.75) is 452 Å². The molecule has 114 heavy (non-hydrogen) atoms. The average molecular weight is 1580 g/mol. The van der Waals surface area contributed by atoms with Crippen molar-refractivity contribution in [2.24, 2.45) is 0 Å². The van der Waals surface area contributed by atoms with Crippen LogP contribution in [-0.4, -0.2) is 49.6 Å². The maximum atomic E-state index is 16.1. The van der Waals surface area contributed by atoms with Gasteiger partial charge < -0.3 is 28.4 Å². The van der Waals surface area contributed by atoms with Crippen molar-refractivity contribution in [1.82, 2.24) is 9.97 Å². The maximum Gasteiger partial charge on any atom is 0.203 e. The number of unbranched alkanes of at least 4 members (excludes halogenated alkanes) is 54. The van der Waals surface area contributed by atoms with Crippen molar-refractivity contribution in [3.05, 3.63) is 107 Å². The molecule has 0 spiro atoms. The van der Waals surface area contributed by atoms with Gasteiger partial charge >= 0.3 is 0 Å². The van der Waals surface area contributed by atoms with E-state index in [9.17, 15) is 0 Å². The Morgan fingerprint density at radius 2 is 0.404 bits per heavy atom. The quantitative estimate of drug-likeness (QED) is 0.0356. The molecule has 0 amide bonds. The SMILES string of the molecule is CCCCCCCCCCCCOc1cc(CCc2ccc(-c3cc(-c4ccc(CCc5cc(OCCCCCCCCCCCC)c(OCCCCCCCCCCCC)c(OCCCCCCCCCCCC)c5)cn4)c(F)cc3F)nc2)cc(OCCCCCCCCCCCC)c1OCCCCCCCCCCCC. The highest BCUT2D eigenvalue weighted by molar-refractivity contribution is 5.71. The maximum absolute atomic E-state index is 16.1. The molecular formula is C104H170F2N2O6. The zero-order valence-electron chi connectivity index (χ0n) is 74.5. The van der Waals surface area contributed by atoms with Gasteiger partial charge in [0.2, 0.25) is 11.5 Å². The zero-order chi connectivity index (χ0) is 80.9. The highest BCUT2D eigenvalue weighted by Gasteiger charge is 2.21. The van der Waals surface area contributed by atoms with Crippen molar-refractivity contribution in [2.75, 3.05) is 39.6 Å². The molecule has 0 aliphatic carbocycles. The Morgan fingerprint density at radius 1 is 0.211 bits per heavy atom. The van der Waals surface area contributed by atoms with E-state index in [1.807, 2.05) is 36.7 Å². The fourth-order valence-electron chi connectivity index (χ4n) is 15.9. The number of hydrogen-bond acceptors (Lipinski definition) is 8. The van der Waals surface area contributed by atoms with Crippen LogP contribution in [0.5, 0.6) is 34.5 Å². The van der Waals surface area contributed by atoms with E-state index in [2.05, 4.69) is 65.8 Å². The van der Waals surface area contributed by atoms with Gasteiger partial charge in [0, 0.05) is 29.6 Å². The highest BCUT2D eigenvalue weighted by Crippen LogP contribution is 2.42. The van der Waals surface area contributed by atoms with Gasteiger partial charge in [-0.15, -0.1) is 0 Å². The van der Waals surface area contributed by atoms with Crippen molar-refractivity contribution >= 4 is 0 Å². The van der Waals surface area contributed by atoms with E-state index >= 15 is 8.78 Å². The van der Waals surface area contributed by atoms with Crippen LogP contribution >= 0.6 is 0 Å². The number of benzene rings is 3. The first kappa shape index (κ1) is 99.2. The van der Waals surface area contributed by atoms with Gasteiger partial charge in [-0.1, -0.05) is 400 Å². The van der Waals surface area contributed by atoms with Gasteiger partial charge in [0.05, 0.1) is 51.0 Å². The van der Waals surface area contributed by atoms with Crippen LogP contribution in [0, 0.1) is 11.6 Å². The van der Waals surface area contributed by atoms with Crippen LogP contribution in [0.3, 0.4) is 0 Å². The molecule has 0 fully saturated rings. The van der Waals surface area contributed by atoms with Crippen molar-refractivity contribution in [1.29, 1.82) is 0 Å². The van der Waals surface area contributed by atoms with Gasteiger partial charge in [0.1, 0.15) is 11.6 Å². The predicted octanol–water partition coefficient (Wildman–Crippen LogP) is 33.5. The summed E-state index contributed by atoms with van der Waals surface area (Å²) in [4.78, 5) is 9.67. The zero-order valence-corrected chi connectivity index (χ0v) is 74.5. The van der Waals surface area contributed by atoms with Crippen LogP contribution in [0.4, 0.5) is 8.78 Å². The van der Waals surface area contributed by atoms with Gasteiger partial charge in [-0.2, -0.15) is 0 Å². The van der Waals surface area contributed by atoms with E-state index in [1.165, 1.54) is 308 Å². The Balaban J connectivity index is 1.30. The molecule has 0 unspecified atom stereocenters. The van der Waals surface area contributed by atoms with Gasteiger partial charge in [-0.25, -0.2) is 8.78 Å². The van der Waals surface area contributed by atoms with Crippen molar-refractivity contribution in [3.8, 4) is 57.0 Å². The molecule has 646 valence electrons. The minimum Gasteiger partial charge on any atom is -0.490 e. The molecule has 2 aromatic heterocycles. The summed E-state index contributed by atoms with van der Waals surface area (Å²) in [5, 5.41) is 0. The van der Waals surface area contributed by atoms with Crippen molar-refractivity contribution in [3.63, 3.8) is 0 Å². The second kappa shape index (κ2) is 69.6. The summed E-state index contributed by atoms with van der Waals surface area (Å²) in [6, 6.07) is 19.0. The molecule has 5 aromatic rings. The van der Waals surface area contributed by atoms with E-state index in [4.69, 9.17) is 38.4 Å². The summed E-state index contributed by atoms with van der Waals surface area (Å²) in [7, 11) is 0. The second-order valence-corrected chi connectivity index (χ2v) is 33.9. The highest BCUT2D eigenvalue weighted by atomic mass is 19.1. The summed E-state index contributed by atoms with van der Waals surface area (Å²) in [5.74, 6) is 3.27. The molecule has 0 aliphatic heterocycles. The van der Waals surface area contributed by atoms with Gasteiger partial charge in [0.15, 0.2) is 23.0 Å². The van der Waals surface area contributed by atoms with Gasteiger partial charge in [0.25, 0.3) is 0 Å². The monoisotopic (exact) mass is 1580 g/mol. The Kier molecular flexibility index (Phi) is 60.5.